The largest absolute Gasteiger partial charge is 0.310 e. The molecular formula is C7H11N3S3. The normalized spacial score (nSPS) is 14.9. The van der Waals surface area contributed by atoms with Gasteiger partial charge in [-0.1, -0.05) is 0 Å². The minimum atomic E-state index is 0.941. The maximum absolute atomic E-state index is 5.37. The van der Waals surface area contributed by atoms with Gasteiger partial charge < -0.3 is 9.13 Å². The Bertz CT molecular complexity index is 347. The summed E-state index contributed by atoms with van der Waals surface area (Å²) >= 11 is 8.69. The molecule has 3 nitrogen and oxygen atoms in total. The van der Waals surface area contributed by atoms with Crippen molar-refractivity contribution in [2.75, 3.05) is 0 Å². The van der Waals surface area contributed by atoms with E-state index < -0.39 is 0 Å². The van der Waals surface area contributed by atoms with Crippen LogP contribution in [0.2, 0.25) is 0 Å². The molecule has 0 saturated heterocycles. The first kappa shape index (κ1) is 9.64. The van der Waals surface area contributed by atoms with E-state index in [4.69, 9.17) is 12.2 Å². The van der Waals surface area contributed by atoms with Crippen molar-refractivity contribution in [1.82, 2.24) is 13.3 Å². The maximum Gasteiger partial charge on any atom is 0.181 e. The molecule has 1 N–H and O–H groups in total. The van der Waals surface area contributed by atoms with E-state index in [0.29, 0.717) is 0 Å². The number of nitrogens with one attached hydrogen (secondary N) is 1. The van der Waals surface area contributed by atoms with Crippen LogP contribution >= 0.6 is 36.1 Å². The molecule has 0 saturated carbocycles. The predicted molar refractivity (Wildman–Crippen MR) is 59.5 cm³/mol. The second-order valence-corrected chi connectivity index (χ2v) is 4.88. The maximum atomic E-state index is 5.37. The van der Waals surface area contributed by atoms with E-state index in [2.05, 4.69) is 27.1 Å². The second kappa shape index (κ2) is 3.68. The van der Waals surface area contributed by atoms with Crippen molar-refractivity contribution < 1.29 is 0 Å². The van der Waals surface area contributed by atoms with E-state index in [1.807, 2.05) is 0 Å². The minimum Gasteiger partial charge on any atom is -0.310 e. The Kier molecular flexibility index (Phi) is 2.73. The standard InChI is InChI=1S/C7H11N3S3/c1-3-9-5-6(13-8-12-5)10(4-2)7(9)11/h8H,3-4H2,1-2H3. The first-order valence-corrected chi connectivity index (χ1v) is 6.25. The SMILES string of the molecule is CCn1c2c(n(CC)c1=S)SNS2. The molecule has 0 amide bonds. The topological polar surface area (TPSA) is 21.9 Å². The van der Waals surface area contributed by atoms with Gasteiger partial charge in [-0.25, -0.2) is 0 Å². The van der Waals surface area contributed by atoms with Gasteiger partial charge in [-0.3, -0.25) is 0 Å². The van der Waals surface area contributed by atoms with Gasteiger partial charge in [0, 0.05) is 13.1 Å². The Hall–Kier alpha value is 0.0900. The van der Waals surface area contributed by atoms with Crippen LogP contribution in [0, 0.1) is 4.77 Å². The molecule has 72 valence electrons. The zero-order valence-corrected chi connectivity index (χ0v) is 9.98. The van der Waals surface area contributed by atoms with E-state index in [1.165, 1.54) is 10.1 Å². The molecule has 0 bridgehead atoms. The highest BCUT2D eigenvalue weighted by Gasteiger charge is 2.22. The summed E-state index contributed by atoms with van der Waals surface area (Å²) in [5.74, 6) is 0. The highest BCUT2D eigenvalue weighted by Crippen LogP contribution is 2.38. The van der Waals surface area contributed by atoms with Crippen LogP contribution in [0.4, 0.5) is 0 Å². The monoisotopic (exact) mass is 233 g/mol. The van der Waals surface area contributed by atoms with Crippen molar-refractivity contribution in [1.29, 1.82) is 0 Å². The van der Waals surface area contributed by atoms with E-state index in [0.717, 1.165) is 17.9 Å². The summed E-state index contributed by atoms with van der Waals surface area (Å²) in [6.07, 6.45) is 0. The first-order valence-electron chi connectivity index (χ1n) is 4.21. The Morgan fingerprint density at radius 2 is 1.62 bits per heavy atom. The third kappa shape index (κ3) is 1.36. The summed E-state index contributed by atoms with van der Waals surface area (Å²) in [6, 6.07) is 0. The quantitative estimate of drug-likeness (QED) is 0.626. The number of aromatic nitrogens is 2. The van der Waals surface area contributed by atoms with Gasteiger partial charge in [0.2, 0.25) is 0 Å². The third-order valence-corrected chi connectivity index (χ3v) is 4.50. The molecule has 0 unspecified atom stereocenters. The van der Waals surface area contributed by atoms with E-state index in [1.54, 1.807) is 23.9 Å². The van der Waals surface area contributed by atoms with Crippen LogP contribution < -0.4 is 4.13 Å². The number of imidazole rings is 1. The van der Waals surface area contributed by atoms with E-state index >= 15 is 0 Å². The van der Waals surface area contributed by atoms with Crippen LogP contribution in [0.15, 0.2) is 10.1 Å². The van der Waals surface area contributed by atoms with Crippen molar-refractivity contribution in [2.24, 2.45) is 0 Å². The summed E-state index contributed by atoms with van der Waals surface area (Å²) in [6.45, 7) is 6.14. The van der Waals surface area contributed by atoms with Crippen LogP contribution in [-0.4, -0.2) is 9.13 Å². The predicted octanol–water partition coefficient (Wildman–Crippen LogP) is 2.68. The molecule has 1 aromatic heterocycles. The minimum absolute atomic E-state index is 0.941. The Labute approximate surface area is 91.2 Å². The lowest BCUT2D eigenvalue weighted by Gasteiger charge is -2.01. The first-order chi connectivity index (χ1) is 6.29. The molecule has 1 aliphatic heterocycles. The van der Waals surface area contributed by atoms with Gasteiger partial charge in [0.15, 0.2) is 4.77 Å². The molecular weight excluding hydrogens is 222 g/mol. The molecule has 2 rings (SSSR count). The summed E-state index contributed by atoms with van der Waals surface area (Å²) in [5.41, 5.74) is 0. The van der Waals surface area contributed by atoms with Crippen LogP contribution in [-0.2, 0) is 13.1 Å². The summed E-state index contributed by atoms with van der Waals surface area (Å²) in [4.78, 5) is 0. The molecule has 13 heavy (non-hydrogen) atoms. The highest BCUT2D eigenvalue weighted by atomic mass is 32.2. The molecule has 1 aromatic rings. The summed E-state index contributed by atoms with van der Waals surface area (Å²) < 4.78 is 8.48. The summed E-state index contributed by atoms with van der Waals surface area (Å²) in [5, 5.41) is 2.53. The molecule has 2 heterocycles. The lowest BCUT2D eigenvalue weighted by atomic mass is 10.7. The van der Waals surface area contributed by atoms with Crippen molar-refractivity contribution in [3.63, 3.8) is 0 Å². The Balaban J connectivity index is 2.65. The van der Waals surface area contributed by atoms with Crippen molar-refractivity contribution in [2.45, 2.75) is 37.0 Å². The number of nitrogens with zero attached hydrogens (tertiary/aromatic N) is 2. The second-order valence-electron chi connectivity index (χ2n) is 2.67. The lowest BCUT2D eigenvalue weighted by molar-refractivity contribution is 0.652. The van der Waals surface area contributed by atoms with Crippen LogP contribution in [0.25, 0.3) is 0 Å². The van der Waals surface area contributed by atoms with Gasteiger partial charge in [-0.05, 0) is 50.0 Å². The zero-order valence-electron chi connectivity index (χ0n) is 7.53. The molecule has 0 spiro atoms. The van der Waals surface area contributed by atoms with Gasteiger partial charge in [0.05, 0.1) is 0 Å². The lowest BCUT2D eigenvalue weighted by Crippen LogP contribution is -2.01. The number of hydrogen-bond acceptors (Lipinski definition) is 4. The number of fused-ring (bicyclic) bond motifs is 1. The van der Waals surface area contributed by atoms with Crippen molar-refractivity contribution in [3.05, 3.63) is 4.77 Å². The average Bonchev–Trinajstić information content (AvgIpc) is 2.64. The molecule has 0 aliphatic carbocycles. The fraction of sp³-hybridized carbons (Fsp3) is 0.571. The van der Waals surface area contributed by atoms with Gasteiger partial charge in [-0.15, -0.1) is 0 Å². The average molecular weight is 233 g/mol. The van der Waals surface area contributed by atoms with Crippen LogP contribution in [0.5, 0.6) is 0 Å². The van der Waals surface area contributed by atoms with Gasteiger partial charge >= 0.3 is 0 Å². The smallest absolute Gasteiger partial charge is 0.181 e. The molecule has 0 atom stereocenters. The number of hydrogen-bond donors (Lipinski definition) is 1. The van der Waals surface area contributed by atoms with Crippen molar-refractivity contribution in [3.8, 4) is 0 Å². The molecule has 0 aromatic carbocycles. The summed E-state index contributed by atoms with van der Waals surface area (Å²) in [7, 11) is 0. The number of rotatable bonds is 2. The van der Waals surface area contributed by atoms with Crippen molar-refractivity contribution >= 4 is 36.1 Å². The molecule has 0 fully saturated rings. The van der Waals surface area contributed by atoms with Crippen LogP contribution in [0.1, 0.15) is 13.8 Å². The van der Waals surface area contributed by atoms with E-state index in [9.17, 15) is 0 Å². The fourth-order valence-corrected chi connectivity index (χ4v) is 4.06. The van der Waals surface area contributed by atoms with Crippen LogP contribution in [0.3, 0.4) is 0 Å². The fourth-order valence-electron chi connectivity index (χ4n) is 1.41. The third-order valence-electron chi connectivity index (χ3n) is 2.04. The highest BCUT2D eigenvalue weighted by molar-refractivity contribution is 8.15. The van der Waals surface area contributed by atoms with Gasteiger partial charge in [0.1, 0.15) is 10.1 Å². The molecule has 6 heteroatoms. The molecule has 0 radical (unpaired) electrons. The zero-order chi connectivity index (χ0) is 9.42. The molecule has 1 aliphatic rings. The van der Waals surface area contributed by atoms with E-state index in [-0.39, 0.29) is 0 Å². The van der Waals surface area contributed by atoms with Gasteiger partial charge in [0.25, 0.3) is 0 Å². The Morgan fingerprint density at radius 3 is 2.00 bits per heavy atom. The van der Waals surface area contributed by atoms with Gasteiger partial charge in [-0.2, -0.15) is 4.13 Å². The Morgan fingerprint density at radius 1 is 1.15 bits per heavy atom.